The molecule has 0 aliphatic carbocycles. The molecule has 2 unspecified atom stereocenters. The number of hydrogen-bond donors (Lipinski definition) is 1. The summed E-state index contributed by atoms with van der Waals surface area (Å²) < 4.78 is 0. The lowest BCUT2D eigenvalue weighted by Gasteiger charge is -2.35. The molecule has 0 radical (unpaired) electrons. The number of aliphatic hydroxyl groups is 1. The topological polar surface area (TPSA) is 43.8 Å². The van der Waals surface area contributed by atoms with E-state index in [1.165, 1.54) is 0 Å². The van der Waals surface area contributed by atoms with Crippen LogP contribution in [0.5, 0.6) is 0 Å². The zero-order chi connectivity index (χ0) is 10.1. The van der Waals surface area contributed by atoms with Gasteiger partial charge in [0.25, 0.3) is 0 Å². The van der Waals surface area contributed by atoms with Gasteiger partial charge in [-0.25, -0.2) is 0 Å². The fraction of sp³-hybridized carbons (Fsp3) is 0.900. The fourth-order valence-electron chi connectivity index (χ4n) is 2.46. The van der Waals surface area contributed by atoms with Crippen molar-refractivity contribution in [3.8, 4) is 0 Å². The van der Waals surface area contributed by atoms with Crippen molar-refractivity contribution in [2.45, 2.75) is 31.4 Å². The maximum Gasteiger partial charge on any atom is 0.225 e. The Bertz CT molecular complexity index is 232. The molecule has 2 aliphatic heterocycles. The average molecular weight is 198 g/mol. The van der Waals surface area contributed by atoms with E-state index in [2.05, 4.69) is 11.9 Å². The van der Waals surface area contributed by atoms with E-state index in [9.17, 15) is 9.90 Å². The van der Waals surface area contributed by atoms with Crippen LogP contribution < -0.4 is 0 Å². The lowest BCUT2D eigenvalue weighted by Crippen LogP contribution is -2.47. The normalized spacial score (nSPS) is 35.3. The van der Waals surface area contributed by atoms with E-state index in [0.717, 1.165) is 25.9 Å². The number of aliphatic hydroxyl groups excluding tert-OH is 1. The first-order chi connectivity index (χ1) is 6.66. The number of amides is 1. The number of nitrogens with zero attached hydrogens (tertiary/aromatic N) is 2. The van der Waals surface area contributed by atoms with E-state index in [4.69, 9.17) is 0 Å². The first kappa shape index (κ1) is 9.93. The summed E-state index contributed by atoms with van der Waals surface area (Å²) in [4.78, 5) is 15.7. The molecule has 0 saturated carbocycles. The molecule has 2 fully saturated rings. The highest BCUT2D eigenvalue weighted by molar-refractivity contribution is 5.79. The van der Waals surface area contributed by atoms with E-state index in [0.29, 0.717) is 19.0 Å². The number of likely N-dealkylation sites (N-methyl/N-ethyl adjacent to an activating group) is 1. The maximum atomic E-state index is 11.5. The summed E-state index contributed by atoms with van der Waals surface area (Å²) in [5.41, 5.74) is 0. The lowest BCUT2D eigenvalue weighted by molar-refractivity contribution is -0.130. The molecule has 0 aromatic heterocycles. The molecule has 2 aliphatic rings. The van der Waals surface area contributed by atoms with Gasteiger partial charge in [0.2, 0.25) is 5.91 Å². The Morgan fingerprint density at radius 1 is 1.43 bits per heavy atom. The Morgan fingerprint density at radius 3 is 2.79 bits per heavy atom. The van der Waals surface area contributed by atoms with Gasteiger partial charge in [-0.1, -0.05) is 0 Å². The summed E-state index contributed by atoms with van der Waals surface area (Å²) in [6, 6.07) is 0.332. The zero-order valence-corrected chi connectivity index (χ0v) is 8.65. The molecule has 80 valence electrons. The molecule has 1 amide bonds. The van der Waals surface area contributed by atoms with Crippen LogP contribution in [0.4, 0.5) is 0 Å². The average Bonchev–Trinajstić information content (AvgIpc) is 2.45. The largest absolute Gasteiger partial charge is 0.391 e. The zero-order valence-electron chi connectivity index (χ0n) is 8.65. The molecule has 0 aromatic carbocycles. The third-order valence-electron chi connectivity index (χ3n) is 3.18. The van der Waals surface area contributed by atoms with Gasteiger partial charge in [0.15, 0.2) is 0 Å². The van der Waals surface area contributed by atoms with Crippen LogP contribution in [0.2, 0.25) is 0 Å². The van der Waals surface area contributed by atoms with E-state index in [1.54, 1.807) is 0 Å². The smallest absolute Gasteiger partial charge is 0.225 e. The van der Waals surface area contributed by atoms with E-state index < -0.39 is 6.10 Å². The number of piperidine rings is 1. The van der Waals surface area contributed by atoms with Crippen molar-refractivity contribution in [1.82, 2.24) is 9.80 Å². The first-order valence-corrected chi connectivity index (χ1v) is 5.33. The monoisotopic (exact) mass is 198 g/mol. The SMILES string of the molecule is CN1CCCC(N2CC(O)CC2=O)C1. The summed E-state index contributed by atoms with van der Waals surface area (Å²) in [6.45, 7) is 2.62. The van der Waals surface area contributed by atoms with Crippen LogP contribution in [0, 0.1) is 0 Å². The second-order valence-corrected chi connectivity index (χ2v) is 4.46. The second kappa shape index (κ2) is 3.87. The van der Waals surface area contributed by atoms with Gasteiger partial charge in [-0.2, -0.15) is 0 Å². The van der Waals surface area contributed by atoms with Gasteiger partial charge >= 0.3 is 0 Å². The van der Waals surface area contributed by atoms with Crippen LogP contribution in [0.15, 0.2) is 0 Å². The third kappa shape index (κ3) is 1.91. The summed E-state index contributed by atoms with van der Waals surface area (Å²) in [5, 5.41) is 9.39. The van der Waals surface area contributed by atoms with Crippen molar-refractivity contribution in [2.75, 3.05) is 26.7 Å². The number of rotatable bonds is 1. The number of likely N-dealkylation sites (tertiary alicyclic amines) is 2. The van der Waals surface area contributed by atoms with Crippen LogP contribution in [0.1, 0.15) is 19.3 Å². The molecule has 0 aromatic rings. The standard InChI is InChI=1S/C10H18N2O2/c1-11-4-2-3-8(6-11)12-7-9(13)5-10(12)14/h8-9,13H,2-7H2,1H3. The Hall–Kier alpha value is -0.610. The fourth-order valence-corrected chi connectivity index (χ4v) is 2.46. The highest BCUT2D eigenvalue weighted by Gasteiger charge is 2.34. The molecule has 2 rings (SSSR count). The highest BCUT2D eigenvalue weighted by Crippen LogP contribution is 2.20. The van der Waals surface area contributed by atoms with Crippen molar-refractivity contribution in [2.24, 2.45) is 0 Å². The molecular formula is C10H18N2O2. The molecular weight excluding hydrogens is 180 g/mol. The Kier molecular flexibility index (Phi) is 2.74. The molecule has 2 heterocycles. The molecule has 1 N–H and O–H groups in total. The van der Waals surface area contributed by atoms with Crippen molar-refractivity contribution in [1.29, 1.82) is 0 Å². The molecule has 0 spiro atoms. The predicted molar refractivity (Wildman–Crippen MR) is 52.9 cm³/mol. The Balaban J connectivity index is 1.97. The van der Waals surface area contributed by atoms with Gasteiger partial charge in [-0.05, 0) is 26.4 Å². The van der Waals surface area contributed by atoms with Crippen molar-refractivity contribution in [3.05, 3.63) is 0 Å². The summed E-state index contributed by atoms with van der Waals surface area (Å²) in [7, 11) is 2.09. The summed E-state index contributed by atoms with van der Waals surface area (Å²) >= 11 is 0. The lowest BCUT2D eigenvalue weighted by atomic mass is 10.1. The van der Waals surface area contributed by atoms with E-state index in [1.807, 2.05) is 4.90 Å². The molecule has 4 heteroatoms. The summed E-state index contributed by atoms with van der Waals surface area (Å²) in [6.07, 6.45) is 2.12. The van der Waals surface area contributed by atoms with Crippen LogP contribution >= 0.6 is 0 Å². The molecule has 2 saturated heterocycles. The number of carbonyl (C=O) groups excluding carboxylic acids is 1. The minimum Gasteiger partial charge on any atom is -0.391 e. The van der Waals surface area contributed by atoms with Gasteiger partial charge in [-0.15, -0.1) is 0 Å². The number of β-amino-alcohol motifs (C(OH)–C–C–N with tert-alkyl or cyclic N) is 1. The molecule has 14 heavy (non-hydrogen) atoms. The first-order valence-electron chi connectivity index (χ1n) is 5.33. The van der Waals surface area contributed by atoms with Crippen LogP contribution in [0.25, 0.3) is 0 Å². The number of carbonyl (C=O) groups is 1. The quantitative estimate of drug-likeness (QED) is 0.627. The molecule has 4 nitrogen and oxygen atoms in total. The van der Waals surface area contributed by atoms with Crippen LogP contribution in [0.3, 0.4) is 0 Å². The van der Waals surface area contributed by atoms with Crippen LogP contribution in [-0.4, -0.2) is 59.6 Å². The van der Waals surface area contributed by atoms with Gasteiger partial charge in [0, 0.05) is 19.1 Å². The minimum absolute atomic E-state index is 0.123. The maximum absolute atomic E-state index is 11.5. The highest BCUT2D eigenvalue weighted by atomic mass is 16.3. The van der Waals surface area contributed by atoms with E-state index >= 15 is 0 Å². The third-order valence-corrected chi connectivity index (χ3v) is 3.18. The van der Waals surface area contributed by atoms with E-state index in [-0.39, 0.29) is 5.91 Å². The van der Waals surface area contributed by atoms with Crippen molar-refractivity contribution in [3.63, 3.8) is 0 Å². The minimum atomic E-state index is -0.435. The second-order valence-electron chi connectivity index (χ2n) is 4.46. The predicted octanol–water partition coefficient (Wildman–Crippen LogP) is -0.326. The molecule has 0 bridgehead atoms. The van der Waals surface area contributed by atoms with Gasteiger partial charge in [0.05, 0.1) is 12.5 Å². The number of hydrogen-bond acceptors (Lipinski definition) is 3. The van der Waals surface area contributed by atoms with Gasteiger partial charge < -0.3 is 14.9 Å². The van der Waals surface area contributed by atoms with Gasteiger partial charge in [0.1, 0.15) is 0 Å². The Labute approximate surface area is 84.5 Å². The van der Waals surface area contributed by atoms with Crippen molar-refractivity contribution >= 4 is 5.91 Å². The molecule has 2 atom stereocenters. The van der Waals surface area contributed by atoms with Gasteiger partial charge in [-0.3, -0.25) is 4.79 Å². The Morgan fingerprint density at radius 2 is 2.21 bits per heavy atom. The summed E-state index contributed by atoms with van der Waals surface area (Å²) in [5.74, 6) is 0.123. The van der Waals surface area contributed by atoms with Crippen molar-refractivity contribution < 1.29 is 9.90 Å². The van der Waals surface area contributed by atoms with Crippen LogP contribution in [-0.2, 0) is 4.79 Å².